The zero-order valence-corrected chi connectivity index (χ0v) is 12.8. The Hall–Kier alpha value is -1.69. The first-order chi connectivity index (χ1) is 9.56. The zero-order valence-electron chi connectivity index (χ0n) is 12.8. The Balaban J connectivity index is 1.82. The molecular weight excluding hydrogens is 252 g/mol. The van der Waals surface area contributed by atoms with Crippen LogP contribution in [0.25, 0.3) is 0 Å². The van der Waals surface area contributed by atoms with Crippen molar-refractivity contribution in [2.45, 2.75) is 47.3 Å². The molecule has 0 radical (unpaired) electrons. The molecule has 0 saturated heterocycles. The number of nitrogens with one attached hydrogen (secondary N) is 1. The minimum Gasteiger partial charge on any atom is -0.333 e. The molecule has 6 heteroatoms. The quantitative estimate of drug-likeness (QED) is 0.833. The first-order valence-electron chi connectivity index (χ1n) is 7.14. The number of aryl methyl sites for hydroxylation is 3. The molecule has 0 fully saturated rings. The van der Waals surface area contributed by atoms with Crippen molar-refractivity contribution in [1.29, 1.82) is 0 Å². The standard InChI is InChI=1S/C14H24N6/c1-11(2)7-15-8-14-9-20(18-17-14)6-5-19-10-16-12(3)13(19)4/h9-11,15H,5-8H2,1-4H3. The van der Waals surface area contributed by atoms with Crippen molar-refractivity contribution in [3.8, 4) is 0 Å². The smallest absolute Gasteiger partial charge is 0.0964 e. The van der Waals surface area contributed by atoms with E-state index in [4.69, 9.17) is 0 Å². The fraction of sp³-hybridized carbons (Fsp3) is 0.643. The van der Waals surface area contributed by atoms with Crippen LogP contribution in [0.2, 0.25) is 0 Å². The summed E-state index contributed by atoms with van der Waals surface area (Å²) in [6, 6.07) is 0. The van der Waals surface area contributed by atoms with Crippen molar-refractivity contribution in [3.05, 3.63) is 29.6 Å². The summed E-state index contributed by atoms with van der Waals surface area (Å²) < 4.78 is 4.04. The van der Waals surface area contributed by atoms with Gasteiger partial charge in [0.1, 0.15) is 0 Å². The van der Waals surface area contributed by atoms with Gasteiger partial charge in [-0.1, -0.05) is 19.1 Å². The number of aromatic nitrogens is 5. The average Bonchev–Trinajstić information content (AvgIpc) is 2.96. The normalized spacial score (nSPS) is 11.4. The Morgan fingerprint density at radius 3 is 2.70 bits per heavy atom. The summed E-state index contributed by atoms with van der Waals surface area (Å²) in [5.41, 5.74) is 3.29. The number of hydrogen-bond donors (Lipinski definition) is 1. The molecule has 0 spiro atoms. The molecule has 20 heavy (non-hydrogen) atoms. The van der Waals surface area contributed by atoms with Gasteiger partial charge in [-0.3, -0.25) is 4.68 Å². The Labute approximate surface area is 120 Å². The van der Waals surface area contributed by atoms with E-state index in [1.54, 1.807) is 0 Å². The van der Waals surface area contributed by atoms with Crippen LogP contribution in [0.15, 0.2) is 12.5 Å². The summed E-state index contributed by atoms with van der Waals surface area (Å²) in [6.45, 7) is 12.0. The third-order valence-electron chi connectivity index (χ3n) is 3.36. The van der Waals surface area contributed by atoms with Crippen LogP contribution in [0.3, 0.4) is 0 Å². The number of rotatable bonds is 7. The minimum atomic E-state index is 0.650. The van der Waals surface area contributed by atoms with E-state index < -0.39 is 0 Å². The molecular formula is C14H24N6. The lowest BCUT2D eigenvalue weighted by Crippen LogP contribution is -2.19. The first kappa shape index (κ1) is 14.7. The molecule has 2 aromatic rings. The van der Waals surface area contributed by atoms with Crippen molar-refractivity contribution in [1.82, 2.24) is 29.9 Å². The highest BCUT2D eigenvalue weighted by Gasteiger charge is 2.04. The largest absolute Gasteiger partial charge is 0.333 e. The Kier molecular flexibility index (Phi) is 4.89. The van der Waals surface area contributed by atoms with Crippen LogP contribution in [-0.4, -0.2) is 31.1 Å². The van der Waals surface area contributed by atoms with E-state index in [2.05, 4.69) is 46.0 Å². The lowest BCUT2D eigenvalue weighted by molar-refractivity contribution is 0.513. The van der Waals surface area contributed by atoms with Gasteiger partial charge in [0.2, 0.25) is 0 Å². The van der Waals surface area contributed by atoms with Crippen LogP contribution in [-0.2, 0) is 19.6 Å². The van der Waals surface area contributed by atoms with Gasteiger partial charge in [-0.25, -0.2) is 4.98 Å². The predicted molar refractivity (Wildman–Crippen MR) is 78.3 cm³/mol. The van der Waals surface area contributed by atoms with E-state index >= 15 is 0 Å². The van der Waals surface area contributed by atoms with Crippen molar-refractivity contribution in [2.75, 3.05) is 6.54 Å². The van der Waals surface area contributed by atoms with Crippen LogP contribution in [0.4, 0.5) is 0 Å². The highest BCUT2D eigenvalue weighted by Crippen LogP contribution is 2.04. The Bertz CT molecular complexity index is 540. The second kappa shape index (κ2) is 6.65. The maximum Gasteiger partial charge on any atom is 0.0964 e. The zero-order chi connectivity index (χ0) is 14.5. The van der Waals surface area contributed by atoms with Crippen molar-refractivity contribution >= 4 is 0 Å². The number of imidazole rings is 1. The third kappa shape index (κ3) is 3.90. The van der Waals surface area contributed by atoms with Crippen LogP contribution in [0, 0.1) is 19.8 Å². The molecule has 0 bridgehead atoms. The van der Waals surface area contributed by atoms with Gasteiger partial charge in [0.05, 0.1) is 24.3 Å². The lowest BCUT2D eigenvalue weighted by atomic mass is 10.2. The van der Waals surface area contributed by atoms with E-state index in [1.165, 1.54) is 5.69 Å². The Morgan fingerprint density at radius 1 is 1.25 bits per heavy atom. The van der Waals surface area contributed by atoms with E-state index in [1.807, 2.05) is 24.1 Å². The molecule has 2 aromatic heterocycles. The monoisotopic (exact) mass is 276 g/mol. The summed E-state index contributed by atoms with van der Waals surface area (Å²) in [6.07, 6.45) is 3.89. The summed E-state index contributed by atoms with van der Waals surface area (Å²) in [7, 11) is 0. The molecule has 0 atom stereocenters. The van der Waals surface area contributed by atoms with Crippen LogP contribution in [0.1, 0.15) is 30.9 Å². The van der Waals surface area contributed by atoms with E-state index in [0.29, 0.717) is 5.92 Å². The van der Waals surface area contributed by atoms with Crippen molar-refractivity contribution < 1.29 is 0 Å². The second-order valence-corrected chi connectivity index (χ2v) is 5.61. The molecule has 2 rings (SSSR count). The number of hydrogen-bond acceptors (Lipinski definition) is 4. The molecule has 0 amide bonds. The minimum absolute atomic E-state index is 0.650. The molecule has 0 unspecified atom stereocenters. The van der Waals surface area contributed by atoms with Gasteiger partial charge in [0.15, 0.2) is 0 Å². The topological polar surface area (TPSA) is 60.6 Å². The van der Waals surface area contributed by atoms with Crippen LogP contribution < -0.4 is 5.32 Å². The molecule has 110 valence electrons. The SMILES string of the molecule is Cc1ncn(CCn2cc(CNCC(C)C)nn2)c1C. The van der Waals surface area contributed by atoms with Crippen LogP contribution >= 0.6 is 0 Å². The molecule has 2 heterocycles. The first-order valence-corrected chi connectivity index (χ1v) is 7.14. The van der Waals surface area contributed by atoms with Gasteiger partial charge in [-0.15, -0.1) is 5.10 Å². The lowest BCUT2D eigenvalue weighted by Gasteiger charge is -2.05. The van der Waals surface area contributed by atoms with Crippen molar-refractivity contribution in [3.63, 3.8) is 0 Å². The summed E-state index contributed by atoms with van der Waals surface area (Å²) >= 11 is 0. The molecule has 0 aromatic carbocycles. The van der Waals surface area contributed by atoms with Gasteiger partial charge in [0.25, 0.3) is 0 Å². The van der Waals surface area contributed by atoms with Gasteiger partial charge < -0.3 is 9.88 Å². The number of nitrogens with zero attached hydrogens (tertiary/aromatic N) is 5. The van der Waals surface area contributed by atoms with Crippen LogP contribution in [0.5, 0.6) is 0 Å². The highest BCUT2D eigenvalue weighted by molar-refractivity contribution is 5.08. The van der Waals surface area contributed by atoms with Gasteiger partial charge >= 0.3 is 0 Å². The molecule has 0 aliphatic heterocycles. The Morgan fingerprint density at radius 2 is 2.05 bits per heavy atom. The van der Waals surface area contributed by atoms with Gasteiger partial charge in [-0.05, 0) is 26.3 Å². The molecule has 0 saturated carbocycles. The summed E-state index contributed by atoms with van der Waals surface area (Å²) in [4.78, 5) is 4.30. The molecule has 1 N–H and O–H groups in total. The van der Waals surface area contributed by atoms with E-state index in [0.717, 1.165) is 37.6 Å². The van der Waals surface area contributed by atoms with E-state index in [-0.39, 0.29) is 0 Å². The molecule has 0 aliphatic carbocycles. The maximum atomic E-state index is 4.30. The fourth-order valence-electron chi connectivity index (χ4n) is 2.00. The molecule has 0 aliphatic rings. The van der Waals surface area contributed by atoms with Crippen molar-refractivity contribution in [2.24, 2.45) is 5.92 Å². The molecule has 6 nitrogen and oxygen atoms in total. The summed E-state index contributed by atoms with van der Waals surface area (Å²) in [5, 5.41) is 11.7. The van der Waals surface area contributed by atoms with Gasteiger partial charge in [-0.2, -0.15) is 0 Å². The second-order valence-electron chi connectivity index (χ2n) is 5.61. The van der Waals surface area contributed by atoms with E-state index in [9.17, 15) is 0 Å². The highest BCUT2D eigenvalue weighted by atomic mass is 15.4. The predicted octanol–water partition coefficient (Wildman–Crippen LogP) is 1.54. The third-order valence-corrected chi connectivity index (χ3v) is 3.36. The summed E-state index contributed by atoms with van der Waals surface area (Å²) in [5.74, 6) is 0.650. The van der Waals surface area contributed by atoms with Gasteiger partial charge in [0, 0.05) is 25.0 Å². The average molecular weight is 276 g/mol. The maximum absolute atomic E-state index is 4.30. The fourth-order valence-corrected chi connectivity index (χ4v) is 2.00.